The zero-order valence-electron chi connectivity index (χ0n) is 11.7. The lowest BCUT2D eigenvalue weighted by molar-refractivity contribution is 1.02. The van der Waals surface area contributed by atoms with Gasteiger partial charge in [-0.1, -0.05) is 35.5 Å². The fraction of sp³-hybridized carbons (Fsp3) is 0.0588. The Morgan fingerprint density at radius 3 is 2.64 bits per heavy atom. The summed E-state index contributed by atoms with van der Waals surface area (Å²) in [6.45, 7) is 0.396. The van der Waals surface area contributed by atoms with Gasteiger partial charge in [-0.25, -0.2) is 4.98 Å². The van der Waals surface area contributed by atoms with Crippen LogP contribution in [0.2, 0.25) is 5.02 Å². The van der Waals surface area contributed by atoms with Gasteiger partial charge in [-0.05, 0) is 41.0 Å². The van der Waals surface area contributed by atoms with Crippen LogP contribution in [0.15, 0.2) is 64.9 Å². The number of hydrogen-bond donors (Lipinski definition) is 1. The molecule has 2 heterocycles. The summed E-state index contributed by atoms with van der Waals surface area (Å²) in [4.78, 5) is 9.27. The molecule has 0 aliphatic rings. The first-order valence-corrected chi connectivity index (χ1v) is 7.91. The lowest BCUT2D eigenvalue weighted by atomic mass is 10.0. The van der Waals surface area contributed by atoms with Crippen molar-refractivity contribution in [1.82, 2.24) is 9.97 Å². The van der Waals surface area contributed by atoms with Gasteiger partial charge in [0, 0.05) is 36.1 Å². The third-order valence-corrected chi connectivity index (χ3v) is 4.70. The van der Waals surface area contributed by atoms with Crippen LogP contribution in [0, 0.1) is 6.07 Å². The maximum absolute atomic E-state index is 6.39. The molecular weight excluding hydrogens is 314 g/mol. The van der Waals surface area contributed by atoms with Crippen LogP contribution in [0.1, 0.15) is 5.56 Å². The Hall–Kier alpha value is -1.88. The van der Waals surface area contributed by atoms with Crippen LogP contribution < -0.4 is 5.73 Å². The predicted octanol–water partition coefficient (Wildman–Crippen LogP) is 4.21. The van der Waals surface area contributed by atoms with Crippen LogP contribution >= 0.6 is 23.4 Å². The zero-order chi connectivity index (χ0) is 15.4. The van der Waals surface area contributed by atoms with E-state index in [1.165, 1.54) is 11.8 Å². The van der Waals surface area contributed by atoms with E-state index in [-0.39, 0.29) is 0 Å². The summed E-state index contributed by atoms with van der Waals surface area (Å²) in [5.74, 6) is 0. The summed E-state index contributed by atoms with van der Waals surface area (Å²) in [5.41, 5.74) is 9.13. The number of nitrogens with zero attached hydrogens (tertiary/aromatic N) is 2. The van der Waals surface area contributed by atoms with Crippen molar-refractivity contribution >= 4 is 23.4 Å². The molecule has 3 rings (SSSR count). The van der Waals surface area contributed by atoms with Crippen molar-refractivity contribution in [2.75, 3.05) is 0 Å². The topological polar surface area (TPSA) is 51.8 Å². The quantitative estimate of drug-likeness (QED) is 0.780. The minimum atomic E-state index is 0.396. The summed E-state index contributed by atoms with van der Waals surface area (Å²) in [7, 11) is 0. The number of rotatable bonds is 4. The van der Waals surface area contributed by atoms with Crippen molar-refractivity contribution in [1.29, 1.82) is 0 Å². The molecule has 1 radical (unpaired) electrons. The lowest BCUT2D eigenvalue weighted by Gasteiger charge is -2.14. The van der Waals surface area contributed by atoms with E-state index in [0.29, 0.717) is 11.6 Å². The first-order chi connectivity index (χ1) is 10.8. The maximum atomic E-state index is 6.39. The van der Waals surface area contributed by atoms with Gasteiger partial charge in [0.2, 0.25) is 0 Å². The fourth-order valence-corrected chi connectivity index (χ4v) is 3.39. The van der Waals surface area contributed by atoms with Gasteiger partial charge in [0.15, 0.2) is 0 Å². The number of hydrogen-bond acceptors (Lipinski definition) is 4. The number of aromatic nitrogens is 2. The van der Waals surface area contributed by atoms with Crippen molar-refractivity contribution in [3.05, 3.63) is 71.6 Å². The van der Waals surface area contributed by atoms with Crippen molar-refractivity contribution in [3.63, 3.8) is 0 Å². The van der Waals surface area contributed by atoms with Crippen LogP contribution in [0.5, 0.6) is 0 Å². The van der Waals surface area contributed by atoms with Gasteiger partial charge in [-0.2, -0.15) is 0 Å². The molecule has 2 aromatic heterocycles. The van der Waals surface area contributed by atoms with Crippen LogP contribution in [0.25, 0.3) is 11.1 Å². The molecule has 5 heteroatoms. The molecule has 0 bridgehead atoms. The molecule has 0 spiro atoms. The molecule has 0 aliphatic heterocycles. The lowest BCUT2D eigenvalue weighted by Crippen LogP contribution is -2.02. The minimum Gasteiger partial charge on any atom is -0.326 e. The second-order valence-electron chi connectivity index (χ2n) is 4.53. The number of benzene rings is 1. The van der Waals surface area contributed by atoms with Gasteiger partial charge >= 0.3 is 0 Å². The average Bonchev–Trinajstić information content (AvgIpc) is 2.58. The highest BCUT2D eigenvalue weighted by Gasteiger charge is 2.14. The van der Waals surface area contributed by atoms with E-state index in [2.05, 4.69) is 16.0 Å². The Bertz CT molecular complexity index is 764. The largest absolute Gasteiger partial charge is 0.326 e. The van der Waals surface area contributed by atoms with Gasteiger partial charge < -0.3 is 5.73 Å². The third kappa shape index (κ3) is 3.14. The summed E-state index contributed by atoms with van der Waals surface area (Å²) >= 11 is 7.87. The monoisotopic (exact) mass is 326 g/mol. The molecule has 2 N–H and O–H groups in total. The zero-order valence-corrected chi connectivity index (χ0v) is 13.2. The van der Waals surface area contributed by atoms with Crippen LogP contribution in [0.3, 0.4) is 0 Å². The molecule has 3 nitrogen and oxygen atoms in total. The normalized spacial score (nSPS) is 10.6. The Balaban J connectivity index is 2.09. The summed E-state index contributed by atoms with van der Waals surface area (Å²) in [6, 6.07) is 14.6. The molecule has 0 saturated carbocycles. The van der Waals surface area contributed by atoms with Gasteiger partial charge in [-0.3, -0.25) is 4.98 Å². The van der Waals surface area contributed by atoms with Crippen molar-refractivity contribution in [2.45, 2.75) is 16.5 Å². The molecule has 0 aliphatic carbocycles. The first-order valence-electron chi connectivity index (χ1n) is 6.72. The van der Waals surface area contributed by atoms with E-state index in [4.69, 9.17) is 17.3 Å². The van der Waals surface area contributed by atoms with Crippen molar-refractivity contribution in [2.24, 2.45) is 5.73 Å². The standard InChI is InChI=1S/C17H13ClN3S/c18-15-5-4-13(12-6-9-20-10-7-12)14(11-19)17(15)22-16-3-1-2-8-21-16/h1-2,4-10H,11,19H2. The Kier molecular flexibility index (Phi) is 4.73. The maximum Gasteiger partial charge on any atom is 0.109 e. The highest BCUT2D eigenvalue weighted by atomic mass is 35.5. The third-order valence-electron chi connectivity index (χ3n) is 3.19. The first kappa shape index (κ1) is 15.0. The molecule has 3 aromatic rings. The fourth-order valence-electron chi connectivity index (χ4n) is 2.18. The molecule has 109 valence electrons. The Labute approximate surface area is 138 Å². The van der Waals surface area contributed by atoms with Gasteiger partial charge in [-0.15, -0.1) is 0 Å². The van der Waals surface area contributed by atoms with Gasteiger partial charge in [0.25, 0.3) is 0 Å². The number of nitrogens with two attached hydrogens (primary N) is 1. The molecule has 0 fully saturated rings. The second-order valence-corrected chi connectivity index (χ2v) is 5.94. The second kappa shape index (κ2) is 6.92. The van der Waals surface area contributed by atoms with Crippen molar-refractivity contribution < 1.29 is 0 Å². The highest BCUT2D eigenvalue weighted by molar-refractivity contribution is 7.99. The highest BCUT2D eigenvalue weighted by Crippen LogP contribution is 2.39. The van der Waals surface area contributed by atoms with Gasteiger partial charge in [0.05, 0.1) is 5.02 Å². The van der Waals surface area contributed by atoms with Gasteiger partial charge in [0.1, 0.15) is 5.03 Å². The number of pyridine rings is 2. The molecule has 0 amide bonds. The molecule has 1 aromatic carbocycles. The Morgan fingerprint density at radius 2 is 1.95 bits per heavy atom. The SMILES string of the molecule is NCc1c(-c2ccncc2)ccc(Cl)c1Sc1[c]cccn1. The van der Waals surface area contributed by atoms with Crippen molar-refractivity contribution in [3.8, 4) is 11.1 Å². The summed E-state index contributed by atoms with van der Waals surface area (Å²) in [5, 5.41) is 1.44. The van der Waals surface area contributed by atoms with E-state index < -0.39 is 0 Å². The van der Waals surface area contributed by atoms with Crippen LogP contribution in [-0.2, 0) is 6.54 Å². The molecule has 22 heavy (non-hydrogen) atoms. The molecule has 0 unspecified atom stereocenters. The average molecular weight is 327 g/mol. The van der Waals surface area contributed by atoms with E-state index in [9.17, 15) is 0 Å². The van der Waals surface area contributed by atoms with E-state index in [1.807, 2.05) is 36.4 Å². The summed E-state index contributed by atoms with van der Waals surface area (Å²) in [6.07, 6.45) is 5.27. The molecular formula is C17H13ClN3S. The summed E-state index contributed by atoms with van der Waals surface area (Å²) < 4.78 is 0. The predicted molar refractivity (Wildman–Crippen MR) is 89.8 cm³/mol. The van der Waals surface area contributed by atoms with E-state index in [1.54, 1.807) is 18.6 Å². The minimum absolute atomic E-state index is 0.396. The van der Waals surface area contributed by atoms with Crippen LogP contribution in [0.4, 0.5) is 0 Å². The molecule has 0 saturated heterocycles. The van der Waals surface area contributed by atoms with Crippen LogP contribution in [-0.4, -0.2) is 9.97 Å². The Morgan fingerprint density at radius 1 is 1.14 bits per heavy atom. The van der Waals surface area contributed by atoms with E-state index >= 15 is 0 Å². The van der Waals surface area contributed by atoms with E-state index in [0.717, 1.165) is 26.6 Å². The smallest absolute Gasteiger partial charge is 0.109 e. The molecule has 0 atom stereocenters. The number of halogens is 1.